The second-order valence-electron chi connectivity index (χ2n) is 7.76. The second kappa shape index (κ2) is 13.6. The number of halogens is 2. The van der Waals surface area contributed by atoms with Gasteiger partial charge in [-0.25, -0.2) is 13.4 Å². The summed E-state index contributed by atoms with van der Waals surface area (Å²) in [5.41, 5.74) is 1.77. The van der Waals surface area contributed by atoms with E-state index in [9.17, 15) is 18.2 Å². The number of rotatable bonds is 11. The SMILES string of the molecule is COC(=O)c1ccc(/C(C(=O)/C=C/c2ccc(OC)cc2)=C(\C=C\c2ccc(OC)cc2)OB(F)F)cc1. The van der Waals surface area contributed by atoms with Crippen LogP contribution in [0.1, 0.15) is 27.0 Å². The second-order valence-corrected chi connectivity index (χ2v) is 7.76. The van der Waals surface area contributed by atoms with Crippen LogP contribution in [0.15, 0.2) is 90.7 Å². The molecule has 0 fully saturated rings. The van der Waals surface area contributed by atoms with Gasteiger partial charge in [0.05, 0.1) is 32.5 Å². The van der Waals surface area contributed by atoms with Crippen LogP contribution in [0.2, 0.25) is 0 Å². The molecule has 0 aliphatic heterocycles. The number of carbonyl (C=O) groups excluding carboxylic acids is 2. The molecule has 0 N–H and O–H groups in total. The predicted octanol–water partition coefficient (Wildman–Crippen LogP) is 6.14. The smallest absolute Gasteiger partial charge is 0.505 e. The molecule has 0 aromatic heterocycles. The first-order valence-electron chi connectivity index (χ1n) is 11.4. The molecule has 3 rings (SSSR count). The number of ether oxygens (including phenoxy) is 3. The van der Waals surface area contributed by atoms with E-state index in [1.165, 1.54) is 50.6 Å². The van der Waals surface area contributed by atoms with Gasteiger partial charge in [0.15, 0.2) is 5.78 Å². The number of hydrogen-bond donors (Lipinski definition) is 0. The summed E-state index contributed by atoms with van der Waals surface area (Å²) in [5, 5.41) is 0. The Hall–Kier alpha value is -4.66. The molecular formula is C29H25BF2O6. The molecule has 3 aromatic carbocycles. The first-order valence-corrected chi connectivity index (χ1v) is 11.4. The molecule has 6 nitrogen and oxygen atoms in total. The van der Waals surface area contributed by atoms with Crippen molar-refractivity contribution < 1.29 is 37.1 Å². The van der Waals surface area contributed by atoms with Gasteiger partial charge in [0.25, 0.3) is 0 Å². The third-order valence-corrected chi connectivity index (χ3v) is 5.39. The lowest BCUT2D eigenvalue weighted by Gasteiger charge is -2.12. The Morgan fingerprint density at radius 3 is 1.61 bits per heavy atom. The number of benzene rings is 3. The number of ketones is 1. The molecule has 0 amide bonds. The Morgan fingerprint density at radius 2 is 1.16 bits per heavy atom. The topological polar surface area (TPSA) is 71.1 Å². The number of methoxy groups -OCH3 is 3. The molecule has 0 saturated heterocycles. The molecule has 0 unspecified atom stereocenters. The number of esters is 1. The van der Waals surface area contributed by atoms with Crippen LogP contribution >= 0.6 is 0 Å². The van der Waals surface area contributed by atoms with Crippen LogP contribution < -0.4 is 9.47 Å². The van der Waals surface area contributed by atoms with Crippen LogP contribution in [0.4, 0.5) is 8.63 Å². The Morgan fingerprint density at radius 1 is 0.684 bits per heavy atom. The molecule has 0 aliphatic rings. The van der Waals surface area contributed by atoms with Gasteiger partial charge in [0, 0.05) is 0 Å². The van der Waals surface area contributed by atoms with E-state index in [1.54, 1.807) is 67.8 Å². The molecular weight excluding hydrogens is 493 g/mol. The van der Waals surface area contributed by atoms with Crippen LogP contribution in [-0.4, -0.2) is 40.6 Å². The third-order valence-electron chi connectivity index (χ3n) is 5.39. The minimum atomic E-state index is -3.19. The van der Waals surface area contributed by atoms with Crippen LogP contribution in [0.3, 0.4) is 0 Å². The summed E-state index contributed by atoms with van der Waals surface area (Å²) < 4.78 is 46.7. The fourth-order valence-electron chi connectivity index (χ4n) is 3.43. The lowest BCUT2D eigenvalue weighted by atomic mass is 9.97. The Bertz CT molecular complexity index is 1330. The minimum Gasteiger partial charge on any atom is -0.505 e. The van der Waals surface area contributed by atoms with E-state index in [2.05, 4.69) is 0 Å². The number of hydrogen-bond acceptors (Lipinski definition) is 6. The van der Waals surface area contributed by atoms with Crippen LogP contribution in [0.5, 0.6) is 11.5 Å². The van der Waals surface area contributed by atoms with E-state index in [0.29, 0.717) is 22.6 Å². The van der Waals surface area contributed by atoms with Gasteiger partial charge in [-0.15, -0.1) is 0 Å². The quantitative estimate of drug-likeness (QED) is 0.0999. The van der Waals surface area contributed by atoms with E-state index >= 15 is 0 Å². The summed E-state index contributed by atoms with van der Waals surface area (Å²) in [6.45, 7) is 0. The van der Waals surface area contributed by atoms with Crippen LogP contribution in [0.25, 0.3) is 17.7 Å². The van der Waals surface area contributed by atoms with Gasteiger partial charge in [-0.3, -0.25) is 4.79 Å². The van der Waals surface area contributed by atoms with Gasteiger partial charge < -0.3 is 18.9 Å². The van der Waals surface area contributed by atoms with Gasteiger partial charge in [0.2, 0.25) is 0 Å². The fraction of sp³-hybridized carbons (Fsp3) is 0.103. The van der Waals surface area contributed by atoms with E-state index < -0.39 is 19.2 Å². The zero-order valence-corrected chi connectivity index (χ0v) is 21.0. The normalized spacial score (nSPS) is 11.7. The summed E-state index contributed by atoms with van der Waals surface area (Å²) in [6.07, 6.45) is 5.66. The molecule has 3 aromatic rings. The summed E-state index contributed by atoms with van der Waals surface area (Å²) in [6, 6.07) is 19.7. The molecule has 38 heavy (non-hydrogen) atoms. The van der Waals surface area contributed by atoms with Gasteiger partial charge in [0.1, 0.15) is 17.3 Å². The van der Waals surface area contributed by atoms with Crippen molar-refractivity contribution in [3.63, 3.8) is 0 Å². The van der Waals surface area contributed by atoms with E-state index in [0.717, 1.165) is 0 Å². The van der Waals surface area contributed by atoms with Crippen molar-refractivity contribution in [3.8, 4) is 11.5 Å². The molecule has 0 atom stereocenters. The fourth-order valence-corrected chi connectivity index (χ4v) is 3.43. The van der Waals surface area contributed by atoms with Crippen molar-refractivity contribution in [2.45, 2.75) is 0 Å². The molecule has 194 valence electrons. The van der Waals surface area contributed by atoms with Crippen molar-refractivity contribution in [2.75, 3.05) is 21.3 Å². The zero-order chi connectivity index (χ0) is 27.5. The molecule has 0 radical (unpaired) electrons. The van der Waals surface area contributed by atoms with Crippen molar-refractivity contribution in [1.82, 2.24) is 0 Å². The van der Waals surface area contributed by atoms with E-state index in [4.69, 9.17) is 18.9 Å². The number of carbonyl (C=O) groups is 2. The van der Waals surface area contributed by atoms with E-state index in [-0.39, 0.29) is 22.5 Å². The standard InChI is InChI=1S/C29H25BF2O6/c1-35-24-14-4-20(5-15-24)8-18-26(33)28(22-10-12-23(13-11-22)29(34)37-3)27(38-30(31)32)19-9-21-6-16-25(36-2)17-7-21/h4-19H,1-3H3/b18-8+,19-9+,28-27-. The van der Waals surface area contributed by atoms with Gasteiger partial charge in [-0.1, -0.05) is 48.6 Å². The average Bonchev–Trinajstić information content (AvgIpc) is 2.95. The Labute approximate surface area is 220 Å². The summed E-state index contributed by atoms with van der Waals surface area (Å²) in [4.78, 5) is 25.2. The van der Waals surface area contributed by atoms with Crippen molar-refractivity contribution in [3.05, 3.63) is 113 Å². The summed E-state index contributed by atoms with van der Waals surface area (Å²) in [7, 11) is 1.13. The lowest BCUT2D eigenvalue weighted by Crippen LogP contribution is -2.10. The lowest BCUT2D eigenvalue weighted by molar-refractivity contribution is -0.109. The molecule has 0 bridgehead atoms. The van der Waals surface area contributed by atoms with Crippen molar-refractivity contribution in [1.29, 1.82) is 0 Å². The molecule has 9 heteroatoms. The predicted molar refractivity (Wildman–Crippen MR) is 143 cm³/mol. The molecule has 0 heterocycles. The monoisotopic (exact) mass is 518 g/mol. The maximum atomic E-state index is 13.5. The molecule has 0 aliphatic carbocycles. The Balaban J connectivity index is 2.08. The van der Waals surface area contributed by atoms with Gasteiger partial charge >= 0.3 is 13.4 Å². The summed E-state index contributed by atoms with van der Waals surface area (Å²) >= 11 is 0. The van der Waals surface area contributed by atoms with Gasteiger partial charge in [-0.2, -0.15) is 0 Å². The minimum absolute atomic E-state index is 0.115. The highest BCUT2D eigenvalue weighted by Crippen LogP contribution is 2.26. The first-order chi connectivity index (χ1) is 18.3. The molecule has 0 spiro atoms. The summed E-state index contributed by atoms with van der Waals surface area (Å²) in [5.74, 6) is -0.216. The van der Waals surface area contributed by atoms with Gasteiger partial charge in [-0.05, 0) is 65.2 Å². The zero-order valence-electron chi connectivity index (χ0n) is 21.0. The van der Waals surface area contributed by atoms with Crippen LogP contribution in [-0.2, 0) is 14.2 Å². The maximum absolute atomic E-state index is 13.5. The van der Waals surface area contributed by atoms with Crippen LogP contribution in [0, 0.1) is 0 Å². The maximum Gasteiger partial charge on any atom is 0.796 e. The Kier molecular flexibility index (Phi) is 9.99. The van der Waals surface area contributed by atoms with Crippen molar-refractivity contribution >= 4 is 36.9 Å². The highest BCUT2D eigenvalue weighted by molar-refractivity contribution is 6.36. The average molecular weight is 518 g/mol. The largest absolute Gasteiger partial charge is 0.796 e. The highest BCUT2D eigenvalue weighted by atomic mass is 19.2. The molecule has 0 saturated carbocycles. The van der Waals surface area contributed by atoms with E-state index in [1.807, 2.05) is 0 Å². The number of allylic oxidation sites excluding steroid dienone is 3. The highest BCUT2D eigenvalue weighted by Gasteiger charge is 2.24. The first kappa shape index (κ1) is 27.9. The third kappa shape index (κ3) is 7.67. The van der Waals surface area contributed by atoms with Crippen molar-refractivity contribution in [2.24, 2.45) is 0 Å².